The summed E-state index contributed by atoms with van der Waals surface area (Å²) in [6.07, 6.45) is 3.05. The summed E-state index contributed by atoms with van der Waals surface area (Å²) in [6.45, 7) is 4.18. The number of hydrogen-bond acceptors (Lipinski definition) is 2. The number of allylic oxidation sites excluding steroid dienone is 1. The Morgan fingerprint density at radius 3 is 2.50 bits per heavy atom. The van der Waals surface area contributed by atoms with Crippen LogP contribution >= 0.6 is 0 Å². The van der Waals surface area contributed by atoms with Gasteiger partial charge in [-0.2, -0.15) is 0 Å². The second-order valence-corrected chi connectivity index (χ2v) is 4.49. The Hall–Kier alpha value is -2.35. The molecule has 0 heterocycles. The average Bonchev–Trinajstić information content (AvgIpc) is 2.52. The predicted octanol–water partition coefficient (Wildman–Crippen LogP) is 4.07. The number of carbonyl (C=O) groups excluding carboxylic acids is 1. The highest BCUT2D eigenvalue weighted by molar-refractivity contribution is 6.05. The summed E-state index contributed by atoms with van der Waals surface area (Å²) < 4.78 is 5.65. The van der Waals surface area contributed by atoms with Crippen LogP contribution in [0.15, 0.2) is 67.3 Å². The zero-order chi connectivity index (χ0) is 14.2. The van der Waals surface area contributed by atoms with Crippen LogP contribution in [0.5, 0.6) is 5.75 Å². The molecule has 0 fully saturated rings. The van der Waals surface area contributed by atoms with Crippen molar-refractivity contribution in [1.29, 1.82) is 0 Å². The number of ether oxygens (including phenoxy) is 1. The number of aryl methyl sites for hydroxylation is 1. The number of benzene rings is 2. The van der Waals surface area contributed by atoms with Crippen LogP contribution in [-0.4, -0.2) is 12.4 Å². The Morgan fingerprint density at radius 1 is 1.05 bits per heavy atom. The summed E-state index contributed by atoms with van der Waals surface area (Å²) in [4.78, 5) is 11.7. The molecule has 0 spiro atoms. The second-order valence-electron chi connectivity index (χ2n) is 4.49. The molecule has 2 heteroatoms. The number of hydrogen-bond donors (Lipinski definition) is 0. The third-order valence-electron chi connectivity index (χ3n) is 3.07. The van der Waals surface area contributed by atoms with Crippen LogP contribution in [0.4, 0.5) is 0 Å². The number of rotatable bonds is 7. The Balaban J connectivity index is 1.88. The van der Waals surface area contributed by atoms with E-state index in [0.717, 1.165) is 29.7 Å². The van der Waals surface area contributed by atoms with Gasteiger partial charge in [-0.05, 0) is 36.6 Å². The topological polar surface area (TPSA) is 26.3 Å². The molecule has 102 valence electrons. The lowest BCUT2D eigenvalue weighted by atomic mass is 10.00. The molecule has 2 aromatic carbocycles. The molecule has 0 atom stereocenters. The van der Waals surface area contributed by atoms with E-state index in [0.29, 0.717) is 6.61 Å². The van der Waals surface area contributed by atoms with Crippen molar-refractivity contribution in [3.05, 3.63) is 78.4 Å². The molecule has 0 bridgehead atoms. The van der Waals surface area contributed by atoms with Crippen LogP contribution in [-0.2, 0) is 6.42 Å². The maximum atomic E-state index is 11.7. The maximum absolute atomic E-state index is 11.7. The van der Waals surface area contributed by atoms with E-state index in [-0.39, 0.29) is 5.78 Å². The second kappa shape index (κ2) is 7.29. The molecule has 0 aliphatic rings. The first kappa shape index (κ1) is 14.1. The van der Waals surface area contributed by atoms with Crippen LogP contribution in [0.25, 0.3) is 0 Å². The summed E-state index contributed by atoms with van der Waals surface area (Å²) in [5, 5.41) is 0. The van der Waals surface area contributed by atoms with E-state index in [2.05, 4.69) is 6.58 Å². The monoisotopic (exact) mass is 266 g/mol. The van der Waals surface area contributed by atoms with Crippen molar-refractivity contribution >= 4 is 5.78 Å². The van der Waals surface area contributed by atoms with Crippen molar-refractivity contribution in [2.24, 2.45) is 0 Å². The van der Waals surface area contributed by atoms with Crippen LogP contribution < -0.4 is 4.74 Å². The van der Waals surface area contributed by atoms with E-state index < -0.39 is 0 Å². The molecule has 0 saturated carbocycles. The fourth-order valence-electron chi connectivity index (χ4n) is 2.06. The third-order valence-corrected chi connectivity index (χ3v) is 3.07. The molecule has 2 nitrogen and oxygen atoms in total. The Bertz CT molecular complexity index is 573. The van der Waals surface area contributed by atoms with Crippen molar-refractivity contribution in [2.45, 2.75) is 12.8 Å². The van der Waals surface area contributed by atoms with E-state index >= 15 is 0 Å². The normalized spacial score (nSPS) is 10.0. The first-order valence-corrected chi connectivity index (χ1v) is 6.74. The highest BCUT2D eigenvalue weighted by Gasteiger charge is 2.07. The number of ketones is 1. The van der Waals surface area contributed by atoms with Crippen molar-refractivity contribution in [1.82, 2.24) is 0 Å². The third kappa shape index (κ3) is 3.82. The van der Waals surface area contributed by atoms with Crippen molar-refractivity contribution < 1.29 is 9.53 Å². The minimum atomic E-state index is -0.0235. The lowest BCUT2D eigenvalue weighted by molar-refractivity contribution is 0.104. The van der Waals surface area contributed by atoms with E-state index in [4.69, 9.17) is 4.74 Å². The van der Waals surface area contributed by atoms with Gasteiger partial charge in [0, 0.05) is 5.56 Å². The minimum absolute atomic E-state index is 0.0235. The molecule has 0 amide bonds. The molecule has 0 saturated heterocycles. The van der Waals surface area contributed by atoms with E-state index in [1.165, 1.54) is 6.08 Å². The molecule has 2 rings (SSSR count). The van der Waals surface area contributed by atoms with Gasteiger partial charge in [-0.3, -0.25) is 4.79 Å². The van der Waals surface area contributed by atoms with E-state index in [1.807, 2.05) is 54.6 Å². The van der Waals surface area contributed by atoms with E-state index in [1.54, 1.807) is 0 Å². The van der Waals surface area contributed by atoms with Gasteiger partial charge in [0.05, 0.1) is 6.61 Å². The van der Waals surface area contributed by atoms with Crippen LogP contribution in [0.2, 0.25) is 0 Å². The van der Waals surface area contributed by atoms with Gasteiger partial charge in [0.25, 0.3) is 0 Å². The van der Waals surface area contributed by atoms with Crippen molar-refractivity contribution in [3.8, 4) is 5.75 Å². The smallest absolute Gasteiger partial charge is 0.185 e. The fraction of sp³-hybridized carbons (Fsp3) is 0.167. The van der Waals surface area contributed by atoms with Gasteiger partial charge in [-0.15, -0.1) is 0 Å². The predicted molar refractivity (Wildman–Crippen MR) is 81.2 cm³/mol. The van der Waals surface area contributed by atoms with Gasteiger partial charge < -0.3 is 4.74 Å². The Labute approximate surface area is 119 Å². The lowest BCUT2D eigenvalue weighted by Crippen LogP contribution is -2.04. The van der Waals surface area contributed by atoms with Gasteiger partial charge in [-0.25, -0.2) is 0 Å². The number of para-hydroxylation sites is 1. The zero-order valence-corrected chi connectivity index (χ0v) is 11.4. The Kier molecular flexibility index (Phi) is 5.13. The van der Waals surface area contributed by atoms with Crippen molar-refractivity contribution in [3.63, 3.8) is 0 Å². The van der Waals surface area contributed by atoms with Crippen LogP contribution in [0.1, 0.15) is 22.3 Å². The quantitative estimate of drug-likeness (QED) is 0.429. The highest BCUT2D eigenvalue weighted by atomic mass is 16.5. The summed E-state index contributed by atoms with van der Waals surface area (Å²) in [5.74, 6) is 0.854. The molecular weight excluding hydrogens is 248 g/mol. The van der Waals surface area contributed by atoms with Crippen LogP contribution in [0, 0.1) is 0 Å². The molecule has 0 aliphatic heterocycles. The summed E-state index contributed by atoms with van der Waals surface area (Å²) in [5.41, 5.74) is 1.79. The average molecular weight is 266 g/mol. The summed E-state index contributed by atoms with van der Waals surface area (Å²) in [7, 11) is 0. The Morgan fingerprint density at radius 2 is 1.75 bits per heavy atom. The molecule has 2 aromatic rings. The van der Waals surface area contributed by atoms with Crippen LogP contribution in [0.3, 0.4) is 0 Å². The van der Waals surface area contributed by atoms with Gasteiger partial charge >= 0.3 is 0 Å². The molecular formula is C18H18O2. The molecule has 0 aromatic heterocycles. The van der Waals surface area contributed by atoms with E-state index in [9.17, 15) is 4.79 Å². The van der Waals surface area contributed by atoms with Gasteiger partial charge in [0.1, 0.15) is 5.75 Å². The van der Waals surface area contributed by atoms with Gasteiger partial charge in [0.15, 0.2) is 5.78 Å². The SMILES string of the molecule is C=CC(=O)c1ccccc1CCCOc1ccccc1. The number of carbonyl (C=O) groups is 1. The summed E-state index contributed by atoms with van der Waals surface area (Å²) in [6, 6.07) is 17.4. The first-order valence-electron chi connectivity index (χ1n) is 6.74. The first-order chi connectivity index (χ1) is 9.81. The minimum Gasteiger partial charge on any atom is -0.494 e. The molecule has 0 N–H and O–H groups in total. The maximum Gasteiger partial charge on any atom is 0.185 e. The zero-order valence-electron chi connectivity index (χ0n) is 11.4. The lowest BCUT2D eigenvalue weighted by Gasteiger charge is -2.08. The fourth-order valence-corrected chi connectivity index (χ4v) is 2.06. The van der Waals surface area contributed by atoms with Gasteiger partial charge in [-0.1, -0.05) is 49.0 Å². The standard InChI is InChI=1S/C18H18O2/c1-2-18(19)17-13-7-6-9-15(17)10-8-14-20-16-11-4-3-5-12-16/h2-7,9,11-13H,1,8,10,14H2. The largest absolute Gasteiger partial charge is 0.494 e. The highest BCUT2D eigenvalue weighted by Crippen LogP contribution is 2.14. The molecule has 20 heavy (non-hydrogen) atoms. The summed E-state index contributed by atoms with van der Waals surface area (Å²) >= 11 is 0. The van der Waals surface area contributed by atoms with Gasteiger partial charge in [0.2, 0.25) is 0 Å². The molecule has 0 unspecified atom stereocenters. The van der Waals surface area contributed by atoms with Crippen molar-refractivity contribution in [2.75, 3.05) is 6.61 Å². The molecule has 0 aliphatic carbocycles. The molecule has 0 radical (unpaired) electrons.